The quantitative estimate of drug-likeness (QED) is 0.446. The van der Waals surface area contributed by atoms with Crippen LogP contribution in [0.1, 0.15) is 52.4 Å². The molecule has 0 aliphatic heterocycles. The number of ketones is 1. The fourth-order valence-corrected chi connectivity index (χ4v) is 1.06. The molecule has 0 aromatic rings. The van der Waals surface area contributed by atoms with Gasteiger partial charge in [0.2, 0.25) is 0 Å². The lowest BCUT2D eigenvalue weighted by atomic mass is 10.1. The number of hydrogen-bond donors (Lipinski definition) is 0. The molecule has 0 aliphatic rings. The molecule has 0 saturated heterocycles. The lowest BCUT2D eigenvalue weighted by Crippen LogP contribution is -2.05. The van der Waals surface area contributed by atoms with Crippen molar-refractivity contribution in [1.29, 1.82) is 0 Å². The van der Waals surface area contributed by atoms with E-state index in [1.54, 1.807) is 0 Å². The van der Waals surface area contributed by atoms with Gasteiger partial charge in [-0.05, 0) is 19.3 Å². The Labute approximate surface area is 85.8 Å². The first kappa shape index (κ1) is 13.1. The van der Waals surface area contributed by atoms with Crippen molar-refractivity contribution in [3.05, 3.63) is 0 Å². The number of carbonyl (C=O) groups excluding carboxylic acids is 2. The zero-order valence-electron chi connectivity index (χ0n) is 9.17. The van der Waals surface area contributed by atoms with Gasteiger partial charge < -0.3 is 4.74 Å². The molecule has 0 amide bonds. The zero-order chi connectivity index (χ0) is 10.8. The van der Waals surface area contributed by atoms with Gasteiger partial charge in [0.05, 0.1) is 6.61 Å². The van der Waals surface area contributed by atoms with E-state index in [4.69, 9.17) is 4.74 Å². The highest BCUT2D eigenvalue weighted by molar-refractivity contribution is 5.78. The highest BCUT2D eigenvalue weighted by Gasteiger charge is 2.03. The summed E-state index contributed by atoms with van der Waals surface area (Å²) in [6.45, 7) is 4.33. The fourth-order valence-electron chi connectivity index (χ4n) is 1.06. The van der Waals surface area contributed by atoms with Gasteiger partial charge in [0.15, 0.2) is 0 Å². The first-order valence-corrected chi connectivity index (χ1v) is 5.38. The molecule has 0 atom stereocenters. The number of rotatable bonds is 8. The van der Waals surface area contributed by atoms with Gasteiger partial charge in [-0.1, -0.05) is 13.8 Å². The molecule has 3 nitrogen and oxygen atoms in total. The van der Waals surface area contributed by atoms with Crippen LogP contribution in [0.4, 0.5) is 0 Å². The monoisotopic (exact) mass is 200 g/mol. The zero-order valence-corrected chi connectivity index (χ0v) is 9.17. The Hall–Kier alpha value is -0.860. The second kappa shape index (κ2) is 8.73. The largest absolute Gasteiger partial charge is 0.466 e. The minimum Gasteiger partial charge on any atom is -0.466 e. The first-order valence-electron chi connectivity index (χ1n) is 5.38. The van der Waals surface area contributed by atoms with Gasteiger partial charge in [-0.3, -0.25) is 9.59 Å². The van der Waals surface area contributed by atoms with E-state index in [0.29, 0.717) is 25.9 Å². The topological polar surface area (TPSA) is 43.4 Å². The Morgan fingerprint density at radius 1 is 1.07 bits per heavy atom. The number of hydrogen-bond acceptors (Lipinski definition) is 3. The molecule has 0 heterocycles. The Morgan fingerprint density at radius 3 is 2.29 bits per heavy atom. The molecular formula is C11H20O3. The summed E-state index contributed by atoms with van der Waals surface area (Å²) in [5.74, 6) is 0.128. The van der Waals surface area contributed by atoms with Crippen LogP contribution >= 0.6 is 0 Å². The molecule has 82 valence electrons. The van der Waals surface area contributed by atoms with Gasteiger partial charge in [0.25, 0.3) is 0 Å². The molecule has 0 radical (unpaired) electrons. The molecule has 0 saturated carbocycles. The summed E-state index contributed by atoms with van der Waals surface area (Å²) >= 11 is 0. The van der Waals surface area contributed by atoms with Crippen LogP contribution < -0.4 is 0 Å². The van der Waals surface area contributed by atoms with Crippen LogP contribution in [0, 0.1) is 0 Å². The Morgan fingerprint density at radius 2 is 1.71 bits per heavy atom. The molecule has 0 aromatic heterocycles. The third-order valence-corrected chi connectivity index (χ3v) is 1.95. The molecule has 0 unspecified atom stereocenters. The third-order valence-electron chi connectivity index (χ3n) is 1.95. The van der Waals surface area contributed by atoms with E-state index in [0.717, 1.165) is 19.3 Å². The number of carbonyl (C=O) groups is 2. The van der Waals surface area contributed by atoms with Crippen molar-refractivity contribution in [2.45, 2.75) is 52.4 Å². The Kier molecular flexibility index (Phi) is 8.19. The van der Waals surface area contributed by atoms with Crippen molar-refractivity contribution in [2.24, 2.45) is 0 Å². The second-order valence-corrected chi connectivity index (χ2v) is 3.32. The SMILES string of the molecule is CCCOC(=O)CCCCC(=O)CC. The second-order valence-electron chi connectivity index (χ2n) is 3.32. The molecule has 0 aromatic carbocycles. The van der Waals surface area contributed by atoms with E-state index in [2.05, 4.69) is 0 Å². The maximum atomic E-state index is 11.0. The van der Waals surface area contributed by atoms with Gasteiger partial charge in [0, 0.05) is 19.3 Å². The van der Waals surface area contributed by atoms with E-state index in [1.807, 2.05) is 13.8 Å². The van der Waals surface area contributed by atoms with Crippen molar-refractivity contribution >= 4 is 11.8 Å². The maximum absolute atomic E-state index is 11.0. The molecule has 0 spiro atoms. The van der Waals surface area contributed by atoms with E-state index >= 15 is 0 Å². The minimum absolute atomic E-state index is 0.143. The predicted octanol–water partition coefficient (Wildman–Crippen LogP) is 2.48. The Bertz CT molecular complexity index is 175. The van der Waals surface area contributed by atoms with Crippen LogP contribution in [0.3, 0.4) is 0 Å². The number of ether oxygens (including phenoxy) is 1. The van der Waals surface area contributed by atoms with Crippen molar-refractivity contribution in [2.75, 3.05) is 6.61 Å². The molecule has 0 aliphatic carbocycles. The molecular weight excluding hydrogens is 180 g/mol. The van der Waals surface area contributed by atoms with Crippen LogP contribution in [0.25, 0.3) is 0 Å². The van der Waals surface area contributed by atoms with Crippen LogP contribution in [0.5, 0.6) is 0 Å². The molecule has 3 heteroatoms. The third kappa shape index (κ3) is 7.77. The minimum atomic E-state index is -0.143. The average molecular weight is 200 g/mol. The lowest BCUT2D eigenvalue weighted by molar-refractivity contribution is -0.143. The molecule has 14 heavy (non-hydrogen) atoms. The maximum Gasteiger partial charge on any atom is 0.305 e. The number of unbranched alkanes of at least 4 members (excludes halogenated alkanes) is 1. The van der Waals surface area contributed by atoms with Crippen molar-refractivity contribution < 1.29 is 14.3 Å². The average Bonchev–Trinajstić information content (AvgIpc) is 2.21. The van der Waals surface area contributed by atoms with E-state index in [-0.39, 0.29) is 11.8 Å². The lowest BCUT2D eigenvalue weighted by Gasteiger charge is -2.02. The number of esters is 1. The summed E-state index contributed by atoms with van der Waals surface area (Å²) in [4.78, 5) is 21.9. The Balaban J connectivity index is 3.27. The van der Waals surface area contributed by atoms with Gasteiger partial charge in [0.1, 0.15) is 5.78 Å². The van der Waals surface area contributed by atoms with Crippen LogP contribution in [0.2, 0.25) is 0 Å². The van der Waals surface area contributed by atoms with Crippen LogP contribution in [0.15, 0.2) is 0 Å². The first-order chi connectivity index (χ1) is 6.70. The highest BCUT2D eigenvalue weighted by atomic mass is 16.5. The summed E-state index contributed by atoms with van der Waals surface area (Å²) in [6.07, 6.45) is 4.05. The van der Waals surface area contributed by atoms with Crippen LogP contribution in [-0.4, -0.2) is 18.4 Å². The van der Waals surface area contributed by atoms with Gasteiger partial charge >= 0.3 is 5.97 Å². The van der Waals surface area contributed by atoms with E-state index in [1.165, 1.54) is 0 Å². The standard InChI is InChI=1S/C11H20O3/c1-3-9-14-11(13)8-6-5-7-10(12)4-2/h3-9H2,1-2H3. The van der Waals surface area contributed by atoms with Crippen molar-refractivity contribution in [1.82, 2.24) is 0 Å². The summed E-state index contributed by atoms with van der Waals surface area (Å²) in [7, 11) is 0. The van der Waals surface area contributed by atoms with Gasteiger partial charge in [-0.2, -0.15) is 0 Å². The summed E-state index contributed by atoms with van der Waals surface area (Å²) in [5, 5.41) is 0. The summed E-state index contributed by atoms with van der Waals surface area (Å²) in [6, 6.07) is 0. The van der Waals surface area contributed by atoms with E-state index in [9.17, 15) is 9.59 Å². The van der Waals surface area contributed by atoms with Crippen molar-refractivity contribution in [3.63, 3.8) is 0 Å². The van der Waals surface area contributed by atoms with Crippen molar-refractivity contribution in [3.8, 4) is 0 Å². The summed E-state index contributed by atoms with van der Waals surface area (Å²) < 4.78 is 4.90. The molecule has 0 fully saturated rings. The smallest absolute Gasteiger partial charge is 0.305 e. The van der Waals surface area contributed by atoms with Gasteiger partial charge in [-0.25, -0.2) is 0 Å². The predicted molar refractivity (Wildman–Crippen MR) is 55.0 cm³/mol. The molecule has 0 N–H and O–H groups in total. The summed E-state index contributed by atoms with van der Waals surface area (Å²) in [5.41, 5.74) is 0. The fraction of sp³-hybridized carbons (Fsp3) is 0.818. The highest BCUT2D eigenvalue weighted by Crippen LogP contribution is 2.03. The normalized spacial score (nSPS) is 9.86. The van der Waals surface area contributed by atoms with Gasteiger partial charge in [-0.15, -0.1) is 0 Å². The molecule has 0 bridgehead atoms. The molecule has 0 rings (SSSR count). The number of Topliss-reactive ketones (excluding diaryl/α,β-unsaturated/α-hetero) is 1. The van der Waals surface area contributed by atoms with Crippen LogP contribution in [-0.2, 0) is 14.3 Å². The van der Waals surface area contributed by atoms with E-state index < -0.39 is 0 Å².